The summed E-state index contributed by atoms with van der Waals surface area (Å²) in [6.07, 6.45) is 3.32. The van der Waals surface area contributed by atoms with E-state index in [1.807, 2.05) is 25.1 Å². The van der Waals surface area contributed by atoms with Crippen LogP contribution in [0.5, 0.6) is 11.5 Å². The van der Waals surface area contributed by atoms with Gasteiger partial charge in [0.05, 0.1) is 17.3 Å². The van der Waals surface area contributed by atoms with Crippen molar-refractivity contribution in [2.75, 3.05) is 18.5 Å². The fourth-order valence-electron chi connectivity index (χ4n) is 3.49. The summed E-state index contributed by atoms with van der Waals surface area (Å²) >= 11 is 0. The smallest absolute Gasteiger partial charge is 0.246 e. The summed E-state index contributed by atoms with van der Waals surface area (Å²) in [6, 6.07) is 10.9. The van der Waals surface area contributed by atoms with Gasteiger partial charge in [0, 0.05) is 23.5 Å². The number of carbonyl (C=O) groups excluding carboxylic acids is 1. The first-order valence-corrected chi connectivity index (χ1v) is 9.24. The van der Waals surface area contributed by atoms with E-state index < -0.39 is 0 Å². The number of hydrogen-bond acceptors (Lipinski definition) is 6. The van der Waals surface area contributed by atoms with E-state index in [9.17, 15) is 4.79 Å². The largest absolute Gasteiger partial charge is 0.486 e. The molecular formula is C21H18N4O4. The number of furan rings is 1. The first-order chi connectivity index (χ1) is 14.2. The number of hydrogen-bond donors (Lipinski definition) is 1. The molecule has 146 valence electrons. The summed E-state index contributed by atoms with van der Waals surface area (Å²) in [5.74, 6) is 1.83. The van der Waals surface area contributed by atoms with Gasteiger partial charge in [-0.2, -0.15) is 5.10 Å². The van der Waals surface area contributed by atoms with Crippen LogP contribution in [0.1, 0.15) is 5.69 Å². The summed E-state index contributed by atoms with van der Waals surface area (Å²) in [6.45, 7) is 2.95. The Morgan fingerprint density at radius 2 is 2.03 bits per heavy atom. The van der Waals surface area contributed by atoms with Crippen molar-refractivity contribution < 1.29 is 18.7 Å². The molecule has 1 N–H and O–H groups in total. The SMILES string of the molecule is Cc1nn(CC(=O)Nc2ccc3c(c2)OCCO3)c2nccc(-c3ccco3)c12. The Morgan fingerprint density at radius 1 is 1.17 bits per heavy atom. The maximum absolute atomic E-state index is 12.6. The Kier molecular flexibility index (Phi) is 4.16. The van der Waals surface area contributed by atoms with E-state index in [0.29, 0.717) is 36.0 Å². The van der Waals surface area contributed by atoms with Gasteiger partial charge in [-0.3, -0.25) is 4.79 Å². The number of carbonyl (C=O) groups is 1. The van der Waals surface area contributed by atoms with Gasteiger partial charge in [-0.1, -0.05) is 0 Å². The molecule has 0 unspecified atom stereocenters. The number of anilines is 1. The molecule has 1 aromatic carbocycles. The van der Waals surface area contributed by atoms with Gasteiger partial charge in [0.2, 0.25) is 5.91 Å². The second kappa shape index (κ2) is 6.97. The molecule has 0 saturated heterocycles. The van der Waals surface area contributed by atoms with Crippen LogP contribution < -0.4 is 14.8 Å². The van der Waals surface area contributed by atoms with Crippen molar-refractivity contribution in [2.45, 2.75) is 13.5 Å². The number of aryl methyl sites for hydroxylation is 1. The lowest BCUT2D eigenvalue weighted by Crippen LogP contribution is -2.20. The van der Waals surface area contributed by atoms with E-state index in [2.05, 4.69) is 15.4 Å². The Bertz CT molecular complexity index is 1200. The number of fused-ring (bicyclic) bond motifs is 2. The van der Waals surface area contributed by atoms with E-state index in [0.717, 1.165) is 22.4 Å². The molecule has 0 bridgehead atoms. The predicted octanol–water partition coefficient (Wildman–Crippen LogP) is 3.41. The quantitative estimate of drug-likeness (QED) is 0.574. The number of ether oxygens (including phenoxy) is 2. The lowest BCUT2D eigenvalue weighted by atomic mass is 10.1. The molecule has 1 aliphatic rings. The van der Waals surface area contributed by atoms with Gasteiger partial charge in [0.1, 0.15) is 25.5 Å². The minimum absolute atomic E-state index is 0.0351. The topological polar surface area (TPSA) is 91.4 Å². The average molecular weight is 390 g/mol. The van der Waals surface area contributed by atoms with Crippen LogP contribution in [0.15, 0.2) is 53.3 Å². The summed E-state index contributed by atoms with van der Waals surface area (Å²) in [5, 5.41) is 8.26. The van der Waals surface area contributed by atoms with E-state index >= 15 is 0 Å². The summed E-state index contributed by atoms with van der Waals surface area (Å²) in [5.41, 5.74) is 2.95. The molecule has 0 radical (unpaired) electrons. The highest BCUT2D eigenvalue weighted by atomic mass is 16.6. The molecule has 0 atom stereocenters. The fraction of sp³-hybridized carbons (Fsp3) is 0.190. The first-order valence-electron chi connectivity index (χ1n) is 9.24. The Morgan fingerprint density at radius 3 is 2.86 bits per heavy atom. The lowest BCUT2D eigenvalue weighted by Gasteiger charge is -2.19. The molecule has 0 spiro atoms. The van der Waals surface area contributed by atoms with Crippen LogP contribution in [0.2, 0.25) is 0 Å². The van der Waals surface area contributed by atoms with E-state index in [1.165, 1.54) is 0 Å². The third-order valence-electron chi connectivity index (χ3n) is 4.71. The van der Waals surface area contributed by atoms with Gasteiger partial charge < -0.3 is 19.2 Å². The van der Waals surface area contributed by atoms with Crippen molar-refractivity contribution >= 4 is 22.6 Å². The van der Waals surface area contributed by atoms with Crippen LogP contribution in [-0.2, 0) is 11.3 Å². The van der Waals surface area contributed by atoms with Crippen molar-refractivity contribution in [3.8, 4) is 22.8 Å². The number of pyridine rings is 1. The van der Waals surface area contributed by atoms with Crippen LogP contribution in [0.3, 0.4) is 0 Å². The van der Waals surface area contributed by atoms with Crippen molar-refractivity contribution in [3.05, 3.63) is 54.6 Å². The second-order valence-corrected chi connectivity index (χ2v) is 6.68. The molecule has 5 rings (SSSR count). The molecule has 3 aromatic heterocycles. The molecule has 0 saturated carbocycles. The first kappa shape index (κ1) is 17.3. The van der Waals surface area contributed by atoms with Crippen LogP contribution in [0, 0.1) is 6.92 Å². The van der Waals surface area contributed by atoms with Gasteiger partial charge in [0.15, 0.2) is 17.1 Å². The number of nitrogens with one attached hydrogen (secondary N) is 1. The van der Waals surface area contributed by atoms with Crippen molar-refractivity contribution in [1.29, 1.82) is 0 Å². The highest BCUT2D eigenvalue weighted by Gasteiger charge is 2.18. The average Bonchev–Trinajstić information content (AvgIpc) is 3.37. The highest BCUT2D eigenvalue weighted by molar-refractivity contribution is 5.95. The number of rotatable bonds is 4. The maximum atomic E-state index is 12.6. The minimum atomic E-state index is -0.212. The Balaban J connectivity index is 1.40. The van der Waals surface area contributed by atoms with Crippen LogP contribution in [0.25, 0.3) is 22.4 Å². The normalized spacial score (nSPS) is 12.9. The van der Waals surface area contributed by atoms with Crippen molar-refractivity contribution in [2.24, 2.45) is 0 Å². The van der Waals surface area contributed by atoms with Gasteiger partial charge in [0.25, 0.3) is 0 Å². The molecule has 4 aromatic rings. The van der Waals surface area contributed by atoms with Crippen LogP contribution in [-0.4, -0.2) is 33.9 Å². The third kappa shape index (κ3) is 3.18. The molecule has 1 aliphatic heterocycles. The molecule has 0 fully saturated rings. The molecule has 8 nitrogen and oxygen atoms in total. The monoisotopic (exact) mass is 390 g/mol. The number of amides is 1. The number of benzene rings is 1. The fourth-order valence-corrected chi connectivity index (χ4v) is 3.49. The Labute approximate surface area is 166 Å². The third-order valence-corrected chi connectivity index (χ3v) is 4.71. The molecule has 1 amide bonds. The number of aromatic nitrogens is 3. The van der Waals surface area contributed by atoms with Gasteiger partial charge >= 0.3 is 0 Å². The maximum Gasteiger partial charge on any atom is 0.246 e. The van der Waals surface area contributed by atoms with E-state index in [4.69, 9.17) is 13.9 Å². The summed E-state index contributed by atoms with van der Waals surface area (Å²) in [7, 11) is 0. The van der Waals surface area contributed by atoms with E-state index in [1.54, 1.807) is 35.3 Å². The number of nitrogens with zero attached hydrogens (tertiary/aromatic N) is 3. The minimum Gasteiger partial charge on any atom is -0.486 e. The molecule has 29 heavy (non-hydrogen) atoms. The zero-order valence-electron chi connectivity index (χ0n) is 15.7. The van der Waals surface area contributed by atoms with Gasteiger partial charge in [-0.15, -0.1) is 0 Å². The second-order valence-electron chi connectivity index (χ2n) is 6.68. The van der Waals surface area contributed by atoms with Crippen LogP contribution >= 0.6 is 0 Å². The van der Waals surface area contributed by atoms with Crippen LogP contribution in [0.4, 0.5) is 5.69 Å². The van der Waals surface area contributed by atoms with Gasteiger partial charge in [-0.25, -0.2) is 9.67 Å². The zero-order valence-corrected chi connectivity index (χ0v) is 15.7. The van der Waals surface area contributed by atoms with Gasteiger partial charge in [-0.05, 0) is 37.3 Å². The predicted molar refractivity (Wildman–Crippen MR) is 106 cm³/mol. The zero-order chi connectivity index (χ0) is 19.8. The molecule has 0 aliphatic carbocycles. The molecule has 8 heteroatoms. The van der Waals surface area contributed by atoms with E-state index in [-0.39, 0.29) is 12.5 Å². The highest BCUT2D eigenvalue weighted by Crippen LogP contribution is 2.33. The van der Waals surface area contributed by atoms with Crippen molar-refractivity contribution in [3.63, 3.8) is 0 Å². The lowest BCUT2D eigenvalue weighted by molar-refractivity contribution is -0.116. The molecule has 4 heterocycles. The summed E-state index contributed by atoms with van der Waals surface area (Å²) < 4.78 is 18.2. The standard InChI is InChI=1S/C21H18N4O4/c1-13-20-15(16-3-2-8-27-16)6-7-22-21(20)25(24-13)12-19(26)23-14-4-5-17-18(11-14)29-10-9-28-17/h2-8,11H,9-10,12H2,1H3,(H,23,26). The Hall–Kier alpha value is -3.81. The molecular weight excluding hydrogens is 372 g/mol. The van der Waals surface area contributed by atoms with Crippen molar-refractivity contribution in [1.82, 2.24) is 14.8 Å². The summed E-state index contributed by atoms with van der Waals surface area (Å²) in [4.78, 5) is 17.1.